The predicted octanol–water partition coefficient (Wildman–Crippen LogP) is 0.304. The molecule has 2 nitrogen and oxygen atoms in total. The van der Waals surface area contributed by atoms with Crippen LogP contribution in [-0.4, -0.2) is 17.0 Å². The van der Waals surface area contributed by atoms with Gasteiger partial charge in [0, 0.05) is 11.8 Å². The molecule has 13 heavy (non-hydrogen) atoms. The van der Waals surface area contributed by atoms with E-state index in [0.29, 0.717) is 35.4 Å². The van der Waals surface area contributed by atoms with Gasteiger partial charge in [-0.1, -0.05) is 0 Å². The van der Waals surface area contributed by atoms with E-state index in [1.54, 1.807) is 0 Å². The maximum atomic E-state index is 11.9. The first-order valence-electron chi connectivity index (χ1n) is 5.52. The van der Waals surface area contributed by atoms with E-state index in [0.717, 1.165) is 17.8 Å². The van der Waals surface area contributed by atoms with Crippen LogP contribution in [0.1, 0.15) is 6.42 Å². The van der Waals surface area contributed by atoms with E-state index in [2.05, 4.69) is 0 Å². The smallest absolute Gasteiger partial charge is 0.140 e. The van der Waals surface area contributed by atoms with Gasteiger partial charge in [0.15, 0.2) is 0 Å². The van der Waals surface area contributed by atoms with Crippen molar-refractivity contribution in [3.8, 4) is 0 Å². The van der Waals surface area contributed by atoms with Crippen molar-refractivity contribution in [1.29, 1.82) is 0 Å². The molecular weight excluding hydrogens is 164 g/mol. The third-order valence-corrected chi connectivity index (χ3v) is 6.07. The van der Waals surface area contributed by atoms with E-state index in [1.807, 2.05) is 0 Å². The molecule has 5 rings (SSSR count). The van der Waals surface area contributed by atoms with Gasteiger partial charge in [-0.2, -0.15) is 0 Å². The molecule has 8 unspecified atom stereocenters. The molecule has 0 spiro atoms. The maximum Gasteiger partial charge on any atom is 0.140 e. The number of fused-ring (bicyclic) bond motifs is 2. The van der Waals surface area contributed by atoms with Crippen molar-refractivity contribution in [3.63, 3.8) is 0 Å². The van der Waals surface area contributed by atoms with Crippen LogP contribution in [0.15, 0.2) is 0 Å². The Morgan fingerprint density at radius 1 is 1.00 bits per heavy atom. The normalized spacial score (nSPS) is 79.8. The lowest BCUT2D eigenvalue weighted by atomic mass is 9.59. The summed E-state index contributed by atoms with van der Waals surface area (Å²) in [5, 5.41) is 10.1. The van der Waals surface area contributed by atoms with Crippen LogP contribution in [0.3, 0.4) is 0 Å². The van der Waals surface area contributed by atoms with Crippen molar-refractivity contribution in [3.05, 3.63) is 0 Å². The van der Waals surface area contributed by atoms with Gasteiger partial charge in [-0.25, -0.2) is 0 Å². The Labute approximate surface area is 76.3 Å². The fourth-order valence-electron chi connectivity index (χ4n) is 6.11. The molecule has 5 aliphatic rings. The lowest BCUT2D eigenvalue weighted by molar-refractivity contribution is -0.141. The molecule has 5 aliphatic carbocycles. The highest BCUT2D eigenvalue weighted by Crippen LogP contribution is 2.81. The van der Waals surface area contributed by atoms with Gasteiger partial charge in [-0.05, 0) is 41.9 Å². The second-order valence-corrected chi connectivity index (χ2v) is 5.82. The van der Waals surface area contributed by atoms with Gasteiger partial charge in [0.1, 0.15) is 5.78 Å². The first kappa shape index (κ1) is 6.18. The van der Waals surface area contributed by atoms with E-state index in [4.69, 9.17) is 0 Å². The monoisotopic (exact) mass is 176 g/mol. The molecule has 5 fully saturated rings. The highest BCUT2D eigenvalue weighted by Gasteiger charge is 2.83. The molecule has 5 saturated carbocycles. The molecule has 2 heteroatoms. The molecule has 0 saturated heterocycles. The number of carbonyl (C=O) groups is 1. The topological polar surface area (TPSA) is 37.3 Å². The average Bonchev–Trinajstić information content (AvgIpc) is 2.52. The minimum absolute atomic E-state index is 0.0913. The van der Waals surface area contributed by atoms with Gasteiger partial charge in [0.05, 0.1) is 6.10 Å². The van der Waals surface area contributed by atoms with E-state index in [-0.39, 0.29) is 6.10 Å². The Hall–Kier alpha value is -0.370. The molecule has 2 bridgehead atoms. The van der Waals surface area contributed by atoms with Gasteiger partial charge in [0.2, 0.25) is 0 Å². The first-order valence-corrected chi connectivity index (χ1v) is 5.52. The molecule has 0 amide bonds. The van der Waals surface area contributed by atoms with Crippen LogP contribution >= 0.6 is 0 Å². The Morgan fingerprint density at radius 3 is 2.69 bits per heavy atom. The fraction of sp³-hybridized carbons (Fsp3) is 0.909. The number of ketones is 1. The van der Waals surface area contributed by atoms with E-state index >= 15 is 0 Å². The Bertz CT molecular complexity index is 350. The van der Waals surface area contributed by atoms with Gasteiger partial charge in [-0.3, -0.25) is 4.79 Å². The molecule has 0 aromatic rings. The summed E-state index contributed by atoms with van der Waals surface area (Å²) in [4.78, 5) is 11.9. The summed E-state index contributed by atoms with van der Waals surface area (Å²) in [6, 6.07) is 0. The van der Waals surface area contributed by atoms with Gasteiger partial charge >= 0.3 is 0 Å². The summed E-state index contributed by atoms with van der Waals surface area (Å²) in [7, 11) is 0. The number of rotatable bonds is 0. The summed E-state index contributed by atoms with van der Waals surface area (Å²) in [6.45, 7) is 0. The summed E-state index contributed by atoms with van der Waals surface area (Å²) in [6.07, 6.45) is 1.19. The Kier molecular flexibility index (Phi) is 0.666. The zero-order valence-electron chi connectivity index (χ0n) is 7.26. The molecule has 68 valence electrons. The minimum Gasteiger partial charge on any atom is -0.392 e. The first-order chi connectivity index (χ1) is 6.30. The average molecular weight is 176 g/mol. The Balaban J connectivity index is 1.87. The quantitative estimate of drug-likeness (QED) is 0.576. The zero-order chi connectivity index (χ0) is 8.48. The summed E-state index contributed by atoms with van der Waals surface area (Å²) < 4.78 is 0. The number of aliphatic hydroxyl groups is 1. The lowest BCUT2D eigenvalue weighted by Gasteiger charge is -2.45. The van der Waals surface area contributed by atoms with Crippen molar-refractivity contribution < 1.29 is 9.90 Å². The Morgan fingerprint density at radius 2 is 1.85 bits per heavy atom. The second-order valence-electron chi connectivity index (χ2n) is 5.82. The van der Waals surface area contributed by atoms with Crippen molar-refractivity contribution in [2.45, 2.75) is 12.5 Å². The van der Waals surface area contributed by atoms with Gasteiger partial charge in [-0.15, -0.1) is 0 Å². The third-order valence-electron chi connectivity index (χ3n) is 6.07. The fourth-order valence-corrected chi connectivity index (χ4v) is 6.11. The second kappa shape index (κ2) is 1.40. The molecule has 0 aliphatic heterocycles. The van der Waals surface area contributed by atoms with Crippen molar-refractivity contribution in [2.24, 2.45) is 47.3 Å². The number of aliphatic hydroxyl groups excluding tert-OH is 1. The summed E-state index contributed by atoms with van der Waals surface area (Å²) in [5.74, 6) is 4.97. The van der Waals surface area contributed by atoms with Crippen LogP contribution in [0, 0.1) is 47.3 Å². The standard InChI is InChI=1S/C11H12O2/c12-10-6-2-1-3-5-4(2)8(10)9(5)11(13)7(3)6/h2-10,12H,1H2/t2?,3?,4?,5?,6?,7?,8?,9?,10-/m1/s1. The third kappa shape index (κ3) is 0.349. The highest BCUT2D eigenvalue weighted by molar-refractivity contribution is 5.91. The van der Waals surface area contributed by atoms with Crippen LogP contribution in [0.4, 0.5) is 0 Å². The lowest BCUT2D eigenvalue weighted by Crippen LogP contribution is -2.49. The molecule has 0 heterocycles. The van der Waals surface area contributed by atoms with Crippen LogP contribution in [0.5, 0.6) is 0 Å². The number of hydrogen-bond donors (Lipinski definition) is 1. The van der Waals surface area contributed by atoms with Gasteiger partial charge in [0.25, 0.3) is 0 Å². The van der Waals surface area contributed by atoms with Crippen LogP contribution in [0.2, 0.25) is 0 Å². The molecular formula is C11H12O2. The van der Waals surface area contributed by atoms with Crippen LogP contribution in [0.25, 0.3) is 0 Å². The van der Waals surface area contributed by atoms with E-state index < -0.39 is 0 Å². The van der Waals surface area contributed by atoms with E-state index in [1.165, 1.54) is 6.42 Å². The number of Topliss-reactive ketones (excluding diaryl/α,β-unsaturated/α-hetero) is 1. The van der Waals surface area contributed by atoms with Gasteiger partial charge < -0.3 is 5.11 Å². The predicted molar refractivity (Wildman–Crippen MR) is 43.6 cm³/mol. The number of hydrogen-bond acceptors (Lipinski definition) is 2. The van der Waals surface area contributed by atoms with Crippen LogP contribution in [-0.2, 0) is 4.79 Å². The maximum absolute atomic E-state index is 11.9. The van der Waals surface area contributed by atoms with Crippen molar-refractivity contribution >= 4 is 5.78 Å². The minimum atomic E-state index is -0.0913. The molecule has 0 aromatic carbocycles. The zero-order valence-corrected chi connectivity index (χ0v) is 7.26. The number of carbonyl (C=O) groups excluding carboxylic acids is 1. The SMILES string of the molecule is O=C1C2C3CC4C5C3C1C5[C@H](O)C42. The van der Waals surface area contributed by atoms with Crippen molar-refractivity contribution in [2.75, 3.05) is 0 Å². The summed E-state index contributed by atoms with van der Waals surface area (Å²) >= 11 is 0. The molecule has 0 aromatic heterocycles. The highest BCUT2D eigenvalue weighted by atomic mass is 16.3. The largest absolute Gasteiger partial charge is 0.392 e. The molecule has 9 atom stereocenters. The van der Waals surface area contributed by atoms with E-state index in [9.17, 15) is 9.90 Å². The molecule has 1 N–H and O–H groups in total. The molecule has 0 radical (unpaired) electrons. The van der Waals surface area contributed by atoms with Crippen molar-refractivity contribution in [1.82, 2.24) is 0 Å². The van der Waals surface area contributed by atoms with Crippen LogP contribution < -0.4 is 0 Å². The summed E-state index contributed by atoms with van der Waals surface area (Å²) in [5.41, 5.74) is 0.